The van der Waals surface area contributed by atoms with Crippen LogP contribution in [0.2, 0.25) is 0 Å². The summed E-state index contributed by atoms with van der Waals surface area (Å²) in [5.41, 5.74) is 4.51. The minimum absolute atomic E-state index is 0.115. The van der Waals surface area contributed by atoms with Crippen LogP contribution in [-0.2, 0) is 25.8 Å². The molecule has 0 radical (unpaired) electrons. The highest BCUT2D eigenvalue weighted by molar-refractivity contribution is 5.71. The highest BCUT2D eigenvalue weighted by atomic mass is 16.1. The van der Waals surface area contributed by atoms with Gasteiger partial charge >= 0.3 is 0 Å². The maximum absolute atomic E-state index is 12.5. The first-order chi connectivity index (χ1) is 11.7. The van der Waals surface area contributed by atoms with Crippen molar-refractivity contribution < 1.29 is 0 Å². The molecule has 0 saturated carbocycles. The first-order valence-electron chi connectivity index (χ1n) is 8.38. The maximum Gasteiger partial charge on any atom is 0.279 e. The van der Waals surface area contributed by atoms with Crippen LogP contribution in [0.1, 0.15) is 35.6 Å². The van der Waals surface area contributed by atoms with Gasteiger partial charge in [0.25, 0.3) is 5.56 Å². The van der Waals surface area contributed by atoms with Crippen molar-refractivity contribution in [2.45, 2.75) is 45.6 Å². The Morgan fingerprint density at radius 2 is 2.04 bits per heavy atom. The molecule has 0 bridgehead atoms. The van der Waals surface area contributed by atoms with Crippen molar-refractivity contribution in [2.24, 2.45) is 0 Å². The molecule has 0 atom stereocenters. The molecule has 1 aliphatic carbocycles. The molecule has 0 amide bonds. The fraction of sp³-hybridized carbons (Fsp3) is 0.389. The molecule has 0 unspecified atom stereocenters. The van der Waals surface area contributed by atoms with Gasteiger partial charge in [-0.3, -0.25) is 9.36 Å². The number of fused-ring (bicyclic) bond motifs is 2. The van der Waals surface area contributed by atoms with Crippen LogP contribution in [-0.4, -0.2) is 24.5 Å². The molecule has 0 fully saturated rings. The summed E-state index contributed by atoms with van der Waals surface area (Å²) in [5.74, 6) is 0.807. The molecule has 24 heavy (non-hydrogen) atoms. The average molecular weight is 321 g/mol. The summed E-state index contributed by atoms with van der Waals surface area (Å²) in [6.07, 6.45) is 8.36. The lowest BCUT2D eigenvalue weighted by Gasteiger charge is -2.17. The summed E-state index contributed by atoms with van der Waals surface area (Å²) < 4.78 is 1.59. The van der Waals surface area contributed by atoms with E-state index >= 15 is 0 Å². The quantitative estimate of drug-likeness (QED) is 0.738. The second-order valence-corrected chi connectivity index (χ2v) is 6.22. The van der Waals surface area contributed by atoms with Crippen molar-refractivity contribution in [1.82, 2.24) is 24.5 Å². The van der Waals surface area contributed by atoms with Crippen LogP contribution >= 0.6 is 0 Å². The minimum Gasteiger partial charge on any atom is -0.297 e. The van der Waals surface area contributed by atoms with Gasteiger partial charge in [0.05, 0.1) is 11.8 Å². The Balaban J connectivity index is 1.60. The maximum atomic E-state index is 12.5. The van der Waals surface area contributed by atoms with E-state index in [9.17, 15) is 4.79 Å². The molecule has 0 spiro atoms. The Bertz CT molecular complexity index is 963. The van der Waals surface area contributed by atoms with Crippen LogP contribution in [0.25, 0.3) is 11.0 Å². The van der Waals surface area contributed by atoms with E-state index in [1.54, 1.807) is 29.2 Å². The predicted octanol–water partition coefficient (Wildman–Crippen LogP) is 2.01. The van der Waals surface area contributed by atoms with Crippen LogP contribution in [0, 0.1) is 6.92 Å². The molecule has 4 rings (SSSR count). The van der Waals surface area contributed by atoms with E-state index < -0.39 is 0 Å². The average Bonchev–Trinajstić information content (AvgIpc) is 2.61. The Labute approximate surface area is 139 Å². The largest absolute Gasteiger partial charge is 0.297 e. The smallest absolute Gasteiger partial charge is 0.279 e. The zero-order chi connectivity index (χ0) is 16.5. The second-order valence-electron chi connectivity index (χ2n) is 6.22. The van der Waals surface area contributed by atoms with Crippen molar-refractivity contribution in [2.75, 3.05) is 0 Å². The molecular formula is C18H19N5O. The summed E-state index contributed by atoms with van der Waals surface area (Å²) in [5, 5.41) is 0. The van der Waals surface area contributed by atoms with E-state index in [0.717, 1.165) is 24.4 Å². The van der Waals surface area contributed by atoms with Gasteiger partial charge in [-0.1, -0.05) is 0 Å². The summed E-state index contributed by atoms with van der Waals surface area (Å²) in [4.78, 5) is 30.3. The highest BCUT2D eigenvalue weighted by Crippen LogP contribution is 2.21. The topological polar surface area (TPSA) is 73.6 Å². The van der Waals surface area contributed by atoms with E-state index in [2.05, 4.69) is 21.9 Å². The monoisotopic (exact) mass is 321 g/mol. The molecule has 6 nitrogen and oxygen atoms in total. The number of nitrogens with zero attached hydrogens (tertiary/aromatic N) is 5. The molecule has 3 heterocycles. The lowest BCUT2D eigenvalue weighted by molar-refractivity contribution is 0.615. The predicted molar refractivity (Wildman–Crippen MR) is 90.9 cm³/mol. The number of aromatic nitrogens is 5. The van der Waals surface area contributed by atoms with E-state index in [-0.39, 0.29) is 5.56 Å². The van der Waals surface area contributed by atoms with Crippen molar-refractivity contribution in [3.05, 3.63) is 57.8 Å². The zero-order valence-electron chi connectivity index (χ0n) is 13.7. The lowest BCUT2D eigenvalue weighted by atomic mass is 9.95. The number of rotatable bonds is 3. The molecule has 0 saturated heterocycles. The lowest BCUT2D eigenvalue weighted by Crippen LogP contribution is -2.23. The summed E-state index contributed by atoms with van der Waals surface area (Å²) >= 11 is 0. The van der Waals surface area contributed by atoms with Gasteiger partial charge in [-0.05, 0) is 50.3 Å². The van der Waals surface area contributed by atoms with Crippen LogP contribution < -0.4 is 5.56 Å². The van der Waals surface area contributed by atoms with Gasteiger partial charge in [-0.2, -0.15) is 0 Å². The van der Waals surface area contributed by atoms with Crippen LogP contribution in [0.4, 0.5) is 0 Å². The summed E-state index contributed by atoms with van der Waals surface area (Å²) in [7, 11) is 0. The van der Waals surface area contributed by atoms with E-state index in [1.165, 1.54) is 24.1 Å². The number of pyridine rings is 1. The van der Waals surface area contributed by atoms with Crippen LogP contribution in [0.3, 0.4) is 0 Å². The third-order valence-corrected chi connectivity index (χ3v) is 4.60. The van der Waals surface area contributed by atoms with Gasteiger partial charge in [0.15, 0.2) is 5.52 Å². The molecule has 3 aromatic heterocycles. The zero-order valence-corrected chi connectivity index (χ0v) is 13.7. The van der Waals surface area contributed by atoms with Crippen molar-refractivity contribution >= 4 is 11.0 Å². The van der Waals surface area contributed by atoms with Crippen LogP contribution in [0.15, 0.2) is 29.5 Å². The first-order valence-corrected chi connectivity index (χ1v) is 8.38. The Morgan fingerprint density at radius 1 is 1.17 bits per heavy atom. The molecular weight excluding hydrogens is 302 g/mol. The molecule has 0 aromatic carbocycles. The fourth-order valence-corrected chi connectivity index (χ4v) is 3.32. The van der Waals surface area contributed by atoms with E-state index in [0.29, 0.717) is 24.0 Å². The normalized spacial score (nSPS) is 13.9. The van der Waals surface area contributed by atoms with Gasteiger partial charge < -0.3 is 0 Å². The highest BCUT2D eigenvalue weighted by Gasteiger charge is 2.15. The minimum atomic E-state index is -0.115. The van der Waals surface area contributed by atoms with Crippen molar-refractivity contribution in [1.29, 1.82) is 0 Å². The summed E-state index contributed by atoms with van der Waals surface area (Å²) in [6.45, 7) is 2.57. The van der Waals surface area contributed by atoms with Crippen molar-refractivity contribution in [3.8, 4) is 0 Å². The summed E-state index contributed by atoms with van der Waals surface area (Å²) in [6, 6.07) is 3.58. The van der Waals surface area contributed by atoms with Gasteiger partial charge in [-0.25, -0.2) is 19.9 Å². The first kappa shape index (κ1) is 14.9. The molecule has 0 aliphatic heterocycles. The van der Waals surface area contributed by atoms with Crippen LogP contribution in [0.5, 0.6) is 0 Å². The Morgan fingerprint density at radius 3 is 2.96 bits per heavy atom. The van der Waals surface area contributed by atoms with Gasteiger partial charge in [-0.15, -0.1) is 0 Å². The standard InChI is InChI=1S/C18H19N5O/c1-12-13-5-2-3-6-14(13)22-16(21-12)8-10-23-11-20-15-7-4-9-19-17(15)18(23)24/h4,7,9,11H,2-3,5-6,8,10H2,1H3. The van der Waals surface area contributed by atoms with Gasteiger partial charge in [0.1, 0.15) is 5.82 Å². The van der Waals surface area contributed by atoms with Crippen molar-refractivity contribution in [3.63, 3.8) is 0 Å². The molecule has 122 valence electrons. The molecule has 1 aliphatic rings. The van der Waals surface area contributed by atoms with E-state index in [4.69, 9.17) is 4.98 Å². The second kappa shape index (κ2) is 6.11. The Hall–Kier alpha value is -2.63. The van der Waals surface area contributed by atoms with Gasteiger partial charge in [0, 0.05) is 30.6 Å². The van der Waals surface area contributed by atoms with E-state index in [1.807, 2.05) is 0 Å². The molecule has 3 aromatic rings. The number of aryl methyl sites for hydroxylation is 4. The number of hydrogen-bond donors (Lipinski definition) is 0. The Kier molecular flexibility index (Phi) is 3.80. The third kappa shape index (κ3) is 2.68. The fourth-order valence-electron chi connectivity index (χ4n) is 3.32. The SMILES string of the molecule is Cc1nc(CCn2cnc3cccnc3c2=O)nc2c1CCCC2. The number of hydrogen-bond acceptors (Lipinski definition) is 5. The van der Waals surface area contributed by atoms with Gasteiger partial charge in [0.2, 0.25) is 0 Å². The molecule has 6 heteroatoms. The molecule has 0 N–H and O–H groups in total. The third-order valence-electron chi connectivity index (χ3n) is 4.60.